The third kappa shape index (κ3) is 2.74. The number of hydrogen-bond acceptors (Lipinski definition) is 5. The summed E-state index contributed by atoms with van der Waals surface area (Å²) in [4.78, 5) is 26.0. The van der Waals surface area contributed by atoms with E-state index in [0.717, 1.165) is 24.8 Å². The Bertz CT molecular complexity index is 1030. The van der Waals surface area contributed by atoms with Gasteiger partial charge in [-0.1, -0.05) is 53.2 Å². The molecule has 3 unspecified atom stereocenters. The van der Waals surface area contributed by atoms with Gasteiger partial charge in [0.05, 0.1) is 11.0 Å². The molecule has 202 valence electrons. The third-order valence-electron chi connectivity index (χ3n) is 13.4. The lowest BCUT2D eigenvalue weighted by atomic mass is 9.32. The molecule has 5 aliphatic rings. The summed E-state index contributed by atoms with van der Waals surface area (Å²) in [5.41, 5.74) is -2.95. The van der Waals surface area contributed by atoms with Crippen LogP contribution in [0.4, 0.5) is 0 Å². The number of aliphatic carboxylic acids is 1. The van der Waals surface area contributed by atoms with Crippen molar-refractivity contribution >= 4 is 11.8 Å². The van der Waals surface area contributed by atoms with E-state index in [2.05, 4.69) is 26.8 Å². The fraction of sp³-hybridized carbons (Fsp3) is 0.867. The molecule has 0 aromatic rings. The molecule has 0 bridgehead atoms. The SMILES string of the molecule is CC1CC[C@]2(C(=O)O)CC[C@]3(C)C(=CC[C@@H]4[C@@]5(C)C(O)C(=O)C(O)C(C)(C)[C@H]5CC[C@]43C)[C@H]2[C@]1(C)O. The van der Waals surface area contributed by atoms with Crippen LogP contribution in [0.1, 0.15) is 93.4 Å². The van der Waals surface area contributed by atoms with Gasteiger partial charge in [0.2, 0.25) is 0 Å². The summed E-state index contributed by atoms with van der Waals surface area (Å²) in [5, 5.41) is 44.7. The Hall–Kier alpha value is -1.24. The molecule has 0 saturated heterocycles. The van der Waals surface area contributed by atoms with Gasteiger partial charge >= 0.3 is 5.97 Å². The zero-order valence-electron chi connectivity index (χ0n) is 23.1. The van der Waals surface area contributed by atoms with Crippen molar-refractivity contribution < 1.29 is 30.0 Å². The first kappa shape index (κ1) is 26.4. The molecular formula is C30H46O6. The highest BCUT2D eigenvalue weighted by Crippen LogP contribution is 2.75. The first-order chi connectivity index (χ1) is 16.4. The number of carboxylic acid groups (broad SMARTS) is 1. The zero-order chi connectivity index (χ0) is 26.9. The molecule has 4 saturated carbocycles. The molecule has 4 fully saturated rings. The Morgan fingerprint density at radius 1 is 0.917 bits per heavy atom. The predicted octanol–water partition coefficient (Wildman–Crippen LogP) is 4.35. The van der Waals surface area contributed by atoms with E-state index in [-0.39, 0.29) is 28.6 Å². The molecule has 0 aromatic heterocycles. The molecule has 5 aliphatic carbocycles. The molecule has 0 aromatic carbocycles. The monoisotopic (exact) mass is 502 g/mol. The quantitative estimate of drug-likeness (QED) is 0.396. The molecule has 0 spiro atoms. The van der Waals surface area contributed by atoms with Crippen LogP contribution in [0.25, 0.3) is 0 Å². The number of hydrogen-bond donors (Lipinski definition) is 4. The summed E-state index contributed by atoms with van der Waals surface area (Å²) in [6, 6.07) is 0. The number of aliphatic hydroxyl groups is 3. The minimum absolute atomic E-state index is 0.00270. The van der Waals surface area contributed by atoms with Crippen LogP contribution >= 0.6 is 0 Å². The Morgan fingerprint density at radius 3 is 2.17 bits per heavy atom. The maximum atomic E-state index is 13.2. The lowest BCUT2D eigenvalue weighted by molar-refractivity contribution is -0.238. The summed E-state index contributed by atoms with van der Waals surface area (Å²) in [7, 11) is 0. The van der Waals surface area contributed by atoms with Gasteiger partial charge in [0.25, 0.3) is 0 Å². The molecule has 0 aliphatic heterocycles. The lowest BCUT2D eigenvalue weighted by Gasteiger charge is -2.72. The fourth-order valence-corrected chi connectivity index (χ4v) is 10.7. The normalized spacial score (nSPS) is 55.9. The minimum atomic E-state index is -1.23. The number of carboxylic acids is 1. The largest absolute Gasteiger partial charge is 0.481 e. The number of aliphatic hydroxyl groups excluding tert-OH is 2. The number of carbonyl (C=O) groups is 2. The van der Waals surface area contributed by atoms with Gasteiger partial charge in [-0.25, -0.2) is 0 Å². The predicted molar refractivity (Wildman–Crippen MR) is 136 cm³/mol. The number of ketones is 1. The second kappa shape index (κ2) is 7.45. The molecule has 36 heavy (non-hydrogen) atoms. The highest BCUT2D eigenvalue weighted by molar-refractivity contribution is 5.90. The molecule has 0 radical (unpaired) electrons. The topological polar surface area (TPSA) is 115 Å². The second-order valence-corrected chi connectivity index (χ2v) is 14.7. The van der Waals surface area contributed by atoms with E-state index in [1.807, 2.05) is 27.7 Å². The summed E-state index contributed by atoms with van der Waals surface area (Å²) in [6.07, 6.45) is 4.63. The van der Waals surface area contributed by atoms with E-state index in [4.69, 9.17) is 0 Å². The lowest BCUT2D eigenvalue weighted by Crippen LogP contribution is -2.71. The van der Waals surface area contributed by atoms with Gasteiger partial charge in [0, 0.05) is 16.7 Å². The number of Topliss-reactive ketones (excluding diaryl/α,β-unsaturated/α-hetero) is 1. The van der Waals surface area contributed by atoms with Crippen LogP contribution in [-0.4, -0.2) is 50.0 Å². The molecule has 6 nitrogen and oxygen atoms in total. The van der Waals surface area contributed by atoms with Crippen molar-refractivity contribution in [3.05, 3.63) is 11.6 Å². The summed E-state index contributed by atoms with van der Waals surface area (Å²) < 4.78 is 0. The Kier molecular flexibility index (Phi) is 5.45. The van der Waals surface area contributed by atoms with E-state index < -0.39 is 51.7 Å². The van der Waals surface area contributed by atoms with Crippen LogP contribution in [0.5, 0.6) is 0 Å². The standard InChI is InChI=1S/C30H46O6/c1-16-10-13-30(24(34)35)15-14-26(4)17(21(30)29(16,7)36)8-9-19-27(26,5)12-11-18-25(2,3)22(32)20(31)23(33)28(18,19)6/h8,16,18-19,21-23,32-33,36H,9-15H2,1-7H3,(H,34,35)/t16?,18-,19+,21+,22?,23?,26-,27-,28+,29-,30+/m1/s1. The summed E-state index contributed by atoms with van der Waals surface area (Å²) in [5.74, 6) is -1.73. The van der Waals surface area contributed by atoms with E-state index in [1.54, 1.807) is 0 Å². The molecule has 11 atom stereocenters. The van der Waals surface area contributed by atoms with Gasteiger partial charge in [-0.15, -0.1) is 0 Å². The maximum Gasteiger partial charge on any atom is 0.310 e. The first-order valence-corrected chi connectivity index (χ1v) is 14.0. The van der Waals surface area contributed by atoms with Crippen molar-refractivity contribution in [1.82, 2.24) is 0 Å². The van der Waals surface area contributed by atoms with Gasteiger partial charge < -0.3 is 20.4 Å². The van der Waals surface area contributed by atoms with E-state index in [9.17, 15) is 30.0 Å². The van der Waals surface area contributed by atoms with Crippen molar-refractivity contribution in [2.45, 2.75) is 111 Å². The van der Waals surface area contributed by atoms with Crippen LogP contribution in [-0.2, 0) is 9.59 Å². The highest BCUT2D eigenvalue weighted by atomic mass is 16.4. The van der Waals surface area contributed by atoms with Crippen LogP contribution < -0.4 is 0 Å². The summed E-state index contributed by atoms with van der Waals surface area (Å²) >= 11 is 0. The van der Waals surface area contributed by atoms with Gasteiger partial charge in [0.1, 0.15) is 12.2 Å². The minimum Gasteiger partial charge on any atom is -0.481 e. The average molecular weight is 503 g/mol. The Morgan fingerprint density at radius 2 is 1.56 bits per heavy atom. The third-order valence-corrected chi connectivity index (χ3v) is 13.4. The van der Waals surface area contributed by atoms with Crippen LogP contribution in [0, 0.1) is 50.7 Å². The van der Waals surface area contributed by atoms with Crippen LogP contribution in [0.2, 0.25) is 0 Å². The summed E-state index contributed by atoms with van der Waals surface area (Å²) in [6.45, 7) is 14.4. The Balaban J connectivity index is 1.68. The van der Waals surface area contributed by atoms with Gasteiger partial charge in [-0.3, -0.25) is 9.59 Å². The van der Waals surface area contributed by atoms with Crippen LogP contribution in [0.3, 0.4) is 0 Å². The maximum absolute atomic E-state index is 13.2. The smallest absolute Gasteiger partial charge is 0.310 e. The van der Waals surface area contributed by atoms with Crippen molar-refractivity contribution in [3.8, 4) is 0 Å². The van der Waals surface area contributed by atoms with Crippen molar-refractivity contribution in [3.63, 3.8) is 0 Å². The zero-order valence-corrected chi connectivity index (χ0v) is 23.1. The Labute approximate surface area is 215 Å². The van der Waals surface area contributed by atoms with Crippen molar-refractivity contribution in [1.29, 1.82) is 0 Å². The van der Waals surface area contributed by atoms with Crippen molar-refractivity contribution in [2.24, 2.45) is 50.7 Å². The molecule has 5 rings (SSSR count). The average Bonchev–Trinajstić information content (AvgIpc) is 2.79. The molecule has 0 heterocycles. The first-order valence-electron chi connectivity index (χ1n) is 14.0. The highest BCUT2D eigenvalue weighted by Gasteiger charge is 2.73. The van der Waals surface area contributed by atoms with Crippen LogP contribution in [0.15, 0.2) is 11.6 Å². The number of fused-ring (bicyclic) bond motifs is 7. The molecule has 4 N–H and O–H groups in total. The van der Waals surface area contributed by atoms with E-state index in [1.165, 1.54) is 0 Å². The number of allylic oxidation sites excluding steroid dienone is 1. The fourth-order valence-electron chi connectivity index (χ4n) is 10.7. The van der Waals surface area contributed by atoms with E-state index in [0.29, 0.717) is 25.7 Å². The molecule has 0 amide bonds. The van der Waals surface area contributed by atoms with E-state index >= 15 is 0 Å². The van der Waals surface area contributed by atoms with Crippen molar-refractivity contribution in [2.75, 3.05) is 0 Å². The van der Waals surface area contributed by atoms with Gasteiger partial charge in [-0.05, 0) is 80.5 Å². The number of rotatable bonds is 1. The van der Waals surface area contributed by atoms with Gasteiger partial charge in [-0.2, -0.15) is 0 Å². The van der Waals surface area contributed by atoms with Gasteiger partial charge in [0.15, 0.2) is 5.78 Å². The molecule has 6 heteroatoms. The molecular weight excluding hydrogens is 456 g/mol. The second-order valence-electron chi connectivity index (χ2n) is 14.7. The number of carbonyl (C=O) groups excluding carboxylic acids is 1.